The molecule has 0 amide bonds. The molecule has 100 valence electrons. The standard InChI is InChI=1S/C15H12N2O3/c18-12-8-4-7-11-13(12)16-15(20)17(14(11)19)9-10-5-2-1-3-6-10/h1-8,18H,9H2,(H,16,20). The summed E-state index contributed by atoms with van der Waals surface area (Å²) in [6.45, 7) is 0.195. The molecular weight excluding hydrogens is 256 g/mol. The maximum absolute atomic E-state index is 12.3. The fraction of sp³-hybridized carbons (Fsp3) is 0.0667. The molecule has 0 aliphatic carbocycles. The Labute approximate surface area is 113 Å². The van der Waals surface area contributed by atoms with E-state index in [1.165, 1.54) is 6.07 Å². The number of hydrogen-bond donors (Lipinski definition) is 2. The molecular formula is C15H12N2O3. The molecule has 0 atom stereocenters. The Bertz CT molecular complexity index is 879. The quantitative estimate of drug-likeness (QED) is 0.738. The molecule has 3 aromatic rings. The van der Waals surface area contributed by atoms with Gasteiger partial charge in [-0.2, -0.15) is 0 Å². The van der Waals surface area contributed by atoms with Gasteiger partial charge in [-0.15, -0.1) is 0 Å². The van der Waals surface area contributed by atoms with Crippen LogP contribution in [0, 0.1) is 0 Å². The number of phenols is 1. The Kier molecular flexibility index (Phi) is 2.87. The zero-order chi connectivity index (χ0) is 14.1. The van der Waals surface area contributed by atoms with Gasteiger partial charge in [-0.25, -0.2) is 4.79 Å². The molecule has 3 rings (SSSR count). The van der Waals surface area contributed by atoms with Gasteiger partial charge in [0.05, 0.1) is 17.4 Å². The molecule has 5 heteroatoms. The van der Waals surface area contributed by atoms with E-state index in [0.29, 0.717) is 5.39 Å². The maximum Gasteiger partial charge on any atom is 0.329 e. The Morgan fingerprint density at radius 2 is 1.75 bits per heavy atom. The van der Waals surface area contributed by atoms with Gasteiger partial charge in [-0.05, 0) is 17.7 Å². The second-order valence-electron chi connectivity index (χ2n) is 4.51. The number of fused-ring (bicyclic) bond motifs is 1. The Balaban J connectivity index is 2.22. The van der Waals surface area contributed by atoms with Crippen molar-refractivity contribution in [2.24, 2.45) is 0 Å². The highest BCUT2D eigenvalue weighted by Crippen LogP contribution is 2.17. The Morgan fingerprint density at radius 1 is 1.00 bits per heavy atom. The first kappa shape index (κ1) is 12.2. The summed E-state index contributed by atoms with van der Waals surface area (Å²) in [5.41, 5.74) is 0.0859. The molecule has 1 aromatic heterocycles. The second kappa shape index (κ2) is 4.70. The number of aromatic amines is 1. The topological polar surface area (TPSA) is 75.1 Å². The molecule has 5 nitrogen and oxygen atoms in total. The zero-order valence-corrected chi connectivity index (χ0v) is 10.5. The highest BCUT2D eigenvalue weighted by atomic mass is 16.3. The SMILES string of the molecule is O=c1[nH]c2c(O)cccc2c(=O)n1Cc1ccccc1. The van der Waals surface area contributed by atoms with Crippen molar-refractivity contribution in [1.82, 2.24) is 9.55 Å². The van der Waals surface area contributed by atoms with Crippen LogP contribution in [0.1, 0.15) is 5.56 Å². The molecule has 0 saturated heterocycles. The number of rotatable bonds is 2. The van der Waals surface area contributed by atoms with E-state index in [2.05, 4.69) is 4.98 Å². The van der Waals surface area contributed by atoms with Crippen LogP contribution in [0.4, 0.5) is 0 Å². The molecule has 20 heavy (non-hydrogen) atoms. The van der Waals surface area contributed by atoms with E-state index in [9.17, 15) is 14.7 Å². The molecule has 2 N–H and O–H groups in total. The molecule has 0 aliphatic heterocycles. The third kappa shape index (κ3) is 1.99. The highest BCUT2D eigenvalue weighted by molar-refractivity contribution is 5.82. The first-order valence-corrected chi connectivity index (χ1v) is 6.15. The number of aromatic nitrogens is 2. The number of nitrogens with one attached hydrogen (secondary N) is 1. The predicted octanol–water partition coefficient (Wildman–Crippen LogP) is 1.44. The number of benzene rings is 2. The van der Waals surface area contributed by atoms with Crippen LogP contribution in [-0.4, -0.2) is 14.7 Å². The lowest BCUT2D eigenvalue weighted by molar-refractivity contribution is 0.479. The maximum atomic E-state index is 12.3. The van der Waals surface area contributed by atoms with E-state index in [1.54, 1.807) is 12.1 Å². The Morgan fingerprint density at radius 3 is 2.50 bits per heavy atom. The normalized spacial score (nSPS) is 10.8. The number of aromatic hydroxyl groups is 1. The molecule has 1 heterocycles. The van der Waals surface area contributed by atoms with Gasteiger partial charge >= 0.3 is 5.69 Å². The van der Waals surface area contributed by atoms with Crippen LogP contribution in [0.5, 0.6) is 5.75 Å². The fourth-order valence-corrected chi connectivity index (χ4v) is 2.17. The Hall–Kier alpha value is -2.82. The van der Waals surface area contributed by atoms with Gasteiger partial charge in [0, 0.05) is 0 Å². The summed E-state index contributed by atoms with van der Waals surface area (Å²) < 4.78 is 1.12. The van der Waals surface area contributed by atoms with Gasteiger partial charge < -0.3 is 10.1 Å². The largest absolute Gasteiger partial charge is 0.506 e. The average Bonchev–Trinajstić information content (AvgIpc) is 2.46. The van der Waals surface area contributed by atoms with Crippen LogP contribution in [-0.2, 0) is 6.54 Å². The smallest absolute Gasteiger partial charge is 0.329 e. The van der Waals surface area contributed by atoms with Gasteiger partial charge in [0.2, 0.25) is 0 Å². The summed E-state index contributed by atoms with van der Waals surface area (Å²) >= 11 is 0. The van der Waals surface area contributed by atoms with Crippen LogP contribution in [0.3, 0.4) is 0 Å². The van der Waals surface area contributed by atoms with Crippen molar-refractivity contribution in [3.63, 3.8) is 0 Å². The number of nitrogens with zero attached hydrogens (tertiary/aromatic N) is 1. The summed E-state index contributed by atoms with van der Waals surface area (Å²) in [5, 5.41) is 9.97. The molecule has 2 aromatic carbocycles. The van der Waals surface area contributed by atoms with E-state index in [0.717, 1.165) is 10.1 Å². The van der Waals surface area contributed by atoms with Crippen molar-refractivity contribution in [1.29, 1.82) is 0 Å². The minimum atomic E-state index is -0.534. The molecule has 0 radical (unpaired) electrons. The first-order chi connectivity index (χ1) is 9.66. The summed E-state index contributed by atoms with van der Waals surface area (Å²) in [7, 11) is 0. The highest BCUT2D eigenvalue weighted by Gasteiger charge is 2.10. The van der Waals surface area contributed by atoms with Crippen LogP contribution >= 0.6 is 0 Å². The molecule has 0 unspecified atom stereocenters. The van der Waals surface area contributed by atoms with E-state index >= 15 is 0 Å². The molecule has 0 aliphatic rings. The number of hydrogen-bond acceptors (Lipinski definition) is 3. The van der Waals surface area contributed by atoms with Crippen molar-refractivity contribution in [2.75, 3.05) is 0 Å². The lowest BCUT2D eigenvalue weighted by atomic mass is 10.2. The van der Waals surface area contributed by atoms with Crippen molar-refractivity contribution < 1.29 is 5.11 Å². The van der Waals surface area contributed by atoms with Crippen molar-refractivity contribution in [2.45, 2.75) is 6.54 Å². The number of H-pyrrole nitrogens is 1. The van der Waals surface area contributed by atoms with Gasteiger partial charge in [0.25, 0.3) is 5.56 Å². The third-order valence-electron chi connectivity index (χ3n) is 3.18. The van der Waals surface area contributed by atoms with Crippen molar-refractivity contribution in [3.8, 4) is 5.75 Å². The van der Waals surface area contributed by atoms with Gasteiger partial charge in [-0.1, -0.05) is 36.4 Å². The van der Waals surface area contributed by atoms with E-state index in [4.69, 9.17) is 0 Å². The third-order valence-corrected chi connectivity index (χ3v) is 3.18. The zero-order valence-electron chi connectivity index (χ0n) is 10.5. The number of para-hydroxylation sites is 1. The van der Waals surface area contributed by atoms with E-state index in [1.807, 2.05) is 30.3 Å². The first-order valence-electron chi connectivity index (χ1n) is 6.15. The van der Waals surface area contributed by atoms with Crippen molar-refractivity contribution in [3.05, 3.63) is 74.9 Å². The summed E-state index contributed by atoms with van der Waals surface area (Å²) in [6.07, 6.45) is 0. The second-order valence-corrected chi connectivity index (χ2v) is 4.51. The fourth-order valence-electron chi connectivity index (χ4n) is 2.17. The van der Waals surface area contributed by atoms with Crippen LogP contribution in [0.2, 0.25) is 0 Å². The number of phenolic OH excluding ortho intramolecular Hbond substituents is 1. The average molecular weight is 268 g/mol. The van der Waals surface area contributed by atoms with E-state index < -0.39 is 11.2 Å². The summed E-state index contributed by atoms with van der Waals surface area (Å²) in [4.78, 5) is 26.9. The lowest BCUT2D eigenvalue weighted by Gasteiger charge is -2.07. The molecule has 0 fully saturated rings. The molecule has 0 bridgehead atoms. The monoisotopic (exact) mass is 268 g/mol. The summed E-state index contributed by atoms with van der Waals surface area (Å²) in [6, 6.07) is 13.8. The summed E-state index contributed by atoms with van der Waals surface area (Å²) in [5.74, 6) is -0.108. The van der Waals surface area contributed by atoms with Crippen LogP contribution < -0.4 is 11.2 Å². The molecule has 0 saturated carbocycles. The van der Waals surface area contributed by atoms with Crippen molar-refractivity contribution >= 4 is 10.9 Å². The minimum absolute atomic E-state index is 0.108. The van der Waals surface area contributed by atoms with Gasteiger partial charge in [0.1, 0.15) is 5.75 Å². The van der Waals surface area contributed by atoms with Crippen LogP contribution in [0.15, 0.2) is 58.1 Å². The predicted molar refractivity (Wildman–Crippen MR) is 76.0 cm³/mol. The van der Waals surface area contributed by atoms with E-state index in [-0.39, 0.29) is 17.8 Å². The minimum Gasteiger partial charge on any atom is -0.506 e. The van der Waals surface area contributed by atoms with Crippen LogP contribution in [0.25, 0.3) is 10.9 Å². The van der Waals surface area contributed by atoms with Gasteiger partial charge in [0.15, 0.2) is 0 Å². The van der Waals surface area contributed by atoms with Gasteiger partial charge in [-0.3, -0.25) is 9.36 Å². The molecule has 0 spiro atoms. The lowest BCUT2D eigenvalue weighted by Crippen LogP contribution is -2.35.